The second-order valence-corrected chi connectivity index (χ2v) is 6.08. The molecule has 0 aromatic carbocycles. The van der Waals surface area contributed by atoms with Crippen LogP contribution in [0.3, 0.4) is 0 Å². The van der Waals surface area contributed by atoms with Gasteiger partial charge in [-0.25, -0.2) is 9.97 Å². The number of rotatable bonds is 4. The first kappa shape index (κ1) is 12.4. The van der Waals surface area contributed by atoms with Crippen molar-refractivity contribution >= 4 is 11.8 Å². The molecule has 1 aromatic rings. The highest BCUT2D eigenvalue weighted by Gasteiger charge is 2.22. The highest BCUT2D eigenvalue weighted by atomic mass is 32.2. The van der Waals surface area contributed by atoms with E-state index in [4.69, 9.17) is 4.74 Å². The van der Waals surface area contributed by atoms with Gasteiger partial charge in [0.15, 0.2) is 5.82 Å². The average Bonchev–Trinajstić information content (AvgIpc) is 3.22. The van der Waals surface area contributed by atoms with Crippen LogP contribution < -0.4 is 5.32 Å². The monoisotopic (exact) mass is 265 g/mol. The SMILES string of the molecule is Cc1nc(C2CSCCO2)ncc1CNC1CC1. The Morgan fingerprint density at radius 1 is 1.50 bits per heavy atom. The maximum Gasteiger partial charge on any atom is 0.158 e. The number of nitrogens with zero attached hydrogens (tertiary/aromatic N) is 2. The predicted molar refractivity (Wildman–Crippen MR) is 72.6 cm³/mol. The van der Waals surface area contributed by atoms with E-state index in [2.05, 4.69) is 22.2 Å². The van der Waals surface area contributed by atoms with E-state index in [-0.39, 0.29) is 6.10 Å². The van der Waals surface area contributed by atoms with Crippen molar-refractivity contribution in [2.24, 2.45) is 0 Å². The fourth-order valence-corrected chi connectivity index (χ4v) is 2.86. The number of hydrogen-bond donors (Lipinski definition) is 1. The van der Waals surface area contributed by atoms with Crippen molar-refractivity contribution in [2.75, 3.05) is 18.1 Å². The summed E-state index contributed by atoms with van der Waals surface area (Å²) in [6.07, 6.45) is 4.65. The van der Waals surface area contributed by atoms with E-state index in [0.717, 1.165) is 42.2 Å². The summed E-state index contributed by atoms with van der Waals surface area (Å²) in [7, 11) is 0. The Labute approximate surface area is 112 Å². The van der Waals surface area contributed by atoms with Gasteiger partial charge in [0.2, 0.25) is 0 Å². The molecule has 1 unspecified atom stereocenters. The van der Waals surface area contributed by atoms with E-state index in [9.17, 15) is 0 Å². The van der Waals surface area contributed by atoms with Gasteiger partial charge in [0.05, 0.1) is 6.61 Å². The van der Waals surface area contributed by atoms with Crippen molar-refractivity contribution in [3.8, 4) is 0 Å². The Balaban J connectivity index is 1.66. The Hall–Kier alpha value is -0.650. The Morgan fingerprint density at radius 2 is 2.39 bits per heavy atom. The summed E-state index contributed by atoms with van der Waals surface area (Å²) in [6, 6.07) is 0.724. The first-order valence-electron chi connectivity index (χ1n) is 6.58. The molecule has 5 heteroatoms. The molecule has 0 radical (unpaired) electrons. The highest BCUT2D eigenvalue weighted by molar-refractivity contribution is 7.99. The van der Waals surface area contributed by atoms with Gasteiger partial charge in [-0.3, -0.25) is 0 Å². The first-order valence-corrected chi connectivity index (χ1v) is 7.73. The fraction of sp³-hybridized carbons (Fsp3) is 0.692. The number of hydrogen-bond acceptors (Lipinski definition) is 5. The minimum Gasteiger partial charge on any atom is -0.368 e. The Bertz CT molecular complexity index is 417. The third-order valence-electron chi connectivity index (χ3n) is 3.36. The number of aryl methyl sites for hydroxylation is 1. The van der Waals surface area contributed by atoms with Crippen LogP contribution in [0.2, 0.25) is 0 Å². The Morgan fingerprint density at radius 3 is 3.06 bits per heavy atom. The van der Waals surface area contributed by atoms with Gasteiger partial charge in [0.1, 0.15) is 6.10 Å². The molecule has 0 bridgehead atoms. The van der Waals surface area contributed by atoms with Crippen LogP contribution in [0.15, 0.2) is 6.20 Å². The summed E-state index contributed by atoms with van der Waals surface area (Å²) in [6.45, 7) is 3.75. The minimum absolute atomic E-state index is 0.0768. The van der Waals surface area contributed by atoms with Crippen LogP contribution in [0, 0.1) is 6.92 Å². The van der Waals surface area contributed by atoms with Gasteiger partial charge in [-0.05, 0) is 19.8 Å². The molecular weight excluding hydrogens is 246 g/mol. The van der Waals surface area contributed by atoms with Gasteiger partial charge in [0, 0.05) is 41.5 Å². The normalized spacial score (nSPS) is 24.2. The second-order valence-electron chi connectivity index (χ2n) is 4.93. The van der Waals surface area contributed by atoms with Crippen LogP contribution in [0.5, 0.6) is 0 Å². The molecule has 1 atom stereocenters. The quantitative estimate of drug-likeness (QED) is 0.900. The summed E-state index contributed by atoms with van der Waals surface area (Å²) < 4.78 is 5.71. The van der Waals surface area contributed by atoms with Gasteiger partial charge in [-0.1, -0.05) is 0 Å². The van der Waals surface area contributed by atoms with Crippen molar-refractivity contribution < 1.29 is 4.74 Å². The lowest BCUT2D eigenvalue weighted by atomic mass is 10.2. The maximum atomic E-state index is 5.71. The molecule has 1 saturated carbocycles. The summed E-state index contributed by atoms with van der Waals surface area (Å²) in [4.78, 5) is 9.08. The van der Waals surface area contributed by atoms with Crippen molar-refractivity contribution in [1.82, 2.24) is 15.3 Å². The lowest BCUT2D eigenvalue weighted by Crippen LogP contribution is -2.20. The smallest absolute Gasteiger partial charge is 0.158 e. The molecule has 18 heavy (non-hydrogen) atoms. The van der Waals surface area contributed by atoms with Crippen molar-refractivity contribution in [3.05, 3.63) is 23.3 Å². The lowest BCUT2D eigenvalue weighted by Gasteiger charge is -2.21. The second kappa shape index (κ2) is 5.55. The van der Waals surface area contributed by atoms with Crippen molar-refractivity contribution in [3.63, 3.8) is 0 Å². The van der Waals surface area contributed by atoms with Crippen LogP contribution in [-0.2, 0) is 11.3 Å². The van der Waals surface area contributed by atoms with Gasteiger partial charge in [0.25, 0.3) is 0 Å². The van der Waals surface area contributed by atoms with E-state index in [1.165, 1.54) is 18.4 Å². The maximum absolute atomic E-state index is 5.71. The van der Waals surface area contributed by atoms with Crippen LogP contribution in [0.25, 0.3) is 0 Å². The Kier molecular flexibility index (Phi) is 3.82. The first-order chi connectivity index (χ1) is 8.83. The number of nitrogens with one attached hydrogen (secondary N) is 1. The molecule has 1 saturated heterocycles. The predicted octanol–water partition coefficient (Wildman–Crippen LogP) is 1.84. The minimum atomic E-state index is 0.0768. The van der Waals surface area contributed by atoms with E-state index in [0.29, 0.717) is 0 Å². The highest BCUT2D eigenvalue weighted by Crippen LogP contribution is 2.24. The third-order valence-corrected chi connectivity index (χ3v) is 4.36. The molecule has 0 spiro atoms. The molecule has 98 valence electrons. The zero-order chi connectivity index (χ0) is 12.4. The molecule has 2 fully saturated rings. The molecule has 1 aliphatic heterocycles. The molecule has 1 aromatic heterocycles. The van der Waals surface area contributed by atoms with Crippen molar-refractivity contribution in [2.45, 2.75) is 38.5 Å². The summed E-state index contributed by atoms with van der Waals surface area (Å²) in [5.41, 5.74) is 2.28. The van der Waals surface area contributed by atoms with Gasteiger partial charge in [-0.15, -0.1) is 0 Å². The van der Waals surface area contributed by atoms with Crippen molar-refractivity contribution in [1.29, 1.82) is 0 Å². The summed E-state index contributed by atoms with van der Waals surface area (Å²) in [5.74, 6) is 2.90. The zero-order valence-electron chi connectivity index (χ0n) is 10.7. The fourth-order valence-electron chi connectivity index (χ4n) is 2.02. The van der Waals surface area contributed by atoms with Gasteiger partial charge >= 0.3 is 0 Å². The topological polar surface area (TPSA) is 47.0 Å². The van der Waals surface area contributed by atoms with Crippen LogP contribution in [0.4, 0.5) is 0 Å². The molecule has 1 aliphatic carbocycles. The molecule has 0 amide bonds. The van der Waals surface area contributed by atoms with Gasteiger partial charge < -0.3 is 10.1 Å². The molecule has 2 aliphatic rings. The standard InChI is InChI=1S/C13H19N3OS/c1-9-10(6-14-11-2-3-11)7-15-13(16-9)12-8-18-5-4-17-12/h7,11-12,14H,2-6,8H2,1H3. The lowest BCUT2D eigenvalue weighted by molar-refractivity contribution is 0.0692. The summed E-state index contributed by atoms with van der Waals surface area (Å²) in [5, 5.41) is 3.50. The number of ether oxygens (including phenoxy) is 1. The zero-order valence-corrected chi connectivity index (χ0v) is 11.5. The average molecular weight is 265 g/mol. The molecule has 3 rings (SSSR count). The van der Waals surface area contributed by atoms with Gasteiger partial charge in [-0.2, -0.15) is 11.8 Å². The molecular formula is C13H19N3OS. The molecule has 1 N–H and O–H groups in total. The number of aromatic nitrogens is 2. The van der Waals surface area contributed by atoms with Crippen LogP contribution >= 0.6 is 11.8 Å². The van der Waals surface area contributed by atoms with E-state index >= 15 is 0 Å². The van der Waals surface area contributed by atoms with E-state index in [1.807, 2.05) is 18.0 Å². The third kappa shape index (κ3) is 3.02. The molecule has 4 nitrogen and oxygen atoms in total. The summed E-state index contributed by atoms with van der Waals surface area (Å²) >= 11 is 1.91. The van der Waals surface area contributed by atoms with E-state index in [1.54, 1.807) is 0 Å². The largest absolute Gasteiger partial charge is 0.368 e. The van der Waals surface area contributed by atoms with E-state index < -0.39 is 0 Å². The molecule has 2 heterocycles. The van der Waals surface area contributed by atoms with Crippen LogP contribution in [-0.4, -0.2) is 34.1 Å². The number of thioether (sulfide) groups is 1. The van der Waals surface area contributed by atoms with Crippen LogP contribution in [0.1, 0.15) is 36.0 Å².